The molecule has 0 saturated carbocycles. The first kappa shape index (κ1) is 14.1. The van der Waals surface area contributed by atoms with Gasteiger partial charge in [0.1, 0.15) is 11.6 Å². The van der Waals surface area contributed by atoms with E-state index in [9.17, 15) is 9.18 Å². The van der Waals surface area contributed by atoms with Gasteiger partial charge in [-0.3, -0.25) is 0 Å². The second kappa shape index (κ2) is 5.33. The van der Waals surface area contributed by atoms with E-state index in [-0.39, 0.29) is 5.56 Å². The molecule has 0 aliphatic rings. The Morgan fingerprint density at radius 2 is 1.90 bits per heavy atom. The summed E-state index contributed by atoms with van der Waals surface area (Å²) >= 11 is 0. The van der Waals surface area contributed by atoms with E-state index in [0.717, 1.165) is 22.8 Å². The Kier molecular flexibility index (Phi) is 3.74. The molecular formula is C16H15FO3. The average Bonchev–Trinajstić information content (AvgIpc) is 2.38. The molecule has 0 spiro atoms. The van der Waals surface area contributed by atoms with Crippen molar-refractivity contribution in [3.63, 3.8) is 0 Å². The summed E-state index contributed by atoms with van der Waals surface area (Å²) < 4.78 is 18.8. The number of carboxylic acid groups (broad SMARTS) is 1. The third kappa shape index (κ3) is 2.50. The van der Waals surface area contributed by atoms with E-state index in [1.165, 1.54) is 6.07 Å². The van der Waals surface area contributed by atoms with Crippen LogP contribution in [0.2, 0.25) is 0 Å². The molecule has 0 aliphatic carbocycles. The summed E-state index contributed by atoms with van der Waals surface area (Å²) in [5.41, 5.74) is 3.05. The van der Waals surface area contributed by atoms with Crippen molar-refractivity contribution in [3.8, 4) is 16.9 Å². The molecule has 1 N–H and O–H groups in total. The molecule has 2 aromatic carbocycles. The number of hydrogen-bond donors (Lipinski definition) is 1. The Bertz CT molecular complexity index is 678. The molecule has 0 radical (unpaired) electrons. The first-order chi connectivity index (χ1) is 9.43. The Balaban J connectivity index is 2.68. The summed E-state index contributed by atoms with van der Waals surface area (Å²) in [7, 11) is 1.55. The van der Waals surface area contributed by atoms with Gasteiger partial charge < -0.3 is 9.84 Å². The zero-order chi connectivity index (χ0) is 14.9. The van der Waals surface area contributed by atoms with Crippen molar-refractivity contribution < 1.29 is 19.0 Å². The molecule has 0 aliphatic heterocycles. The maximum Gasteiger partial charge on any atom is 0.338 e. The molecule has 0 amide bonds. The maximum atomic E-state index is 13.5. The fourth-order valence-electron chi connectivity index (χ4n) is 2.30. The second-order valence-corrected chi connectivity index (χ2v) is 4.66. The number of aryl methyl sites for hydroxylation is 2. The van der Waals surface area contributed by atoms with E-state index in [4.69, 9.17) is 9.84 Å². The molecule has 0 atom stereocenters. The van der Waals surface area contributed by atoms with Crippen molar-refractivity contribution in [1.82, 2.24) is 0 Å². The predicted molar refractivity (Wildman–Crippen MR) is 74.8 cm³/mol. The topological polar surface area (TPSA) is 46.5 Å². The van der Waals surface area contributed by atoms with Gasteiger partial charge in [-0.05, 0) is 48.7 Å². The first-order valence-corrected chi connectivity index (χ1v) is 6.12. The highest BCUT2D eigenvalue weighted by molar-refractivity contribution is 5.90. The third-order valence-corrected chi connectivity index (χ3v) is 3.15. The van der Waals surface area contributed by atoms with Gasteiger partial charge in [-0.1, -0.05) is 12.1 Å². The SMILES string of the molecule is COc1cc(C)cc(C)c1-c1ccc(F)c(C(=O)O)c1. The fraction of sp³-hybridized carbons (Fsp3) is 0.188. The molecule has 0 aromatic heterocycles. The highest BCUT2D eigenvalue weighted by Gasteiger charge is 2.15. The normalized spacial score (nSPS) is 10.4. The zero-order valence-electron chi connectivity index (χ0n) is 11.5. The Morgan fingerprint density at radius 3 is 2.50 bits per heavy atom. The molecule has 20 heavy (non-hydrogen) atoms. The van der Waals surface area contributed by atoms with Gasteiger partial charge in [-0.2, -0.15) is 0 Å². The first-order valence-electron chi connectivity index (χ1n) is 6.12. The molecule has 4 heteroatoms. The van der Waals surface area contributed by atoms with Crippen LogP contribution in [-0.2, 0) is 0 Å². The van der Waals surface area contributed by atoms with Crippen molar-refractivity contribution >= 4 is 5.97 Å². The molecule has 0 unspecified atom stereocenters. The minimum absolute atomic E-state index is 0.343. The van der Waals surface area contributed by atoms with E-state index in [2.05, 4.69) is 0 Å². The largest absolute Gasteiger partial charge is 0.496 e. The van der Waals surface area contributed by atoms with Crippen LogP contribution in [0, 0.1) is 19.7 Å². The van der Waals surface area contributed by atoms with E-state index in [0.29, 0.717) is 11.3 Å². The monoisotopic (exact) mass is 274 g/mol. The van der Waals surface area contributed by atoms with Crippen LogP contribution in [0.4, 0.5) is 4.39 Å². The number of hydrogen-bond acceptors (Lipinski definition) is 2. The predicted octanol–water partition coefficient (Wildman–Crippen LogP) is 3.82. The minimum atomic E-state index is -1.28. The molecule has 104 valence electrons. The Morgan fingerprint density at radius 1 is 1.20 bits per heavy atom. The van der Waals surface area contributed by atoms with E-state index < -0.39 is 11.8 Å². The van der Waals surface area contributed by atoms with Crippen LogP contribution >= 0.6 is 0 Å². The van der Waals surface area contributed by atoms with Gasteiger partial charge >= 0.3 is 5.97 Å². The van der Waals surface area contributed by atoms with Gasteiger partial charge in [0.15, 0.2) is 0 Å². The van der Waals surface area contributed by atoms with Crippen LogP contribution < -0.4 is 4.74 Å². The van der Waals surface area contributed by atoms with Gasteiger partial charge in [0.05, 0.1) is 12.7 Å². The van der Waals surface area contributed by atoms with Crippen LogP contribution in [0.25, 0.3) is 11.1 Å². The summed E-state index contributed by atoms with van der Waals surface area (Å²) in [6, 6.07) is 7.89. The molecule has 0 fully saturated rings. The molecule has 3 nitrogen and oxygen atoms in total. The number of aromatic carboxylic acids is 1. The summed E-state index contributed by atoms with van der Waals surface area (Å²) in [4.78, 5) is 11.0. The highest BCUT2D eigenvalue weighted by Crippen LogP contribution is 2.35. The average molecular weight is 274 g/mol. The molecule has 2 rings (SSSR count). The Hall–Kier alpha value is -2.36. The smallest absolute Gasteiger partial charge is 0.338 e. The number of ether oxygens (including phenoxy) is 1. The van der Waals surface area contributed by atoms with E-state index in [1.807, 2.05) is 26.0 Å². The van der Waals surface area contributed by atoms with Gasteiger partial charge in [-0.15, -0.1) is 0 Å². The standard InChI is InChI=1S/C16H15FO3/c1-9-6-10(2)15(14(7-9)20-3)11-4-5-13(17)12(8-11)16(18)19/h4-8H,1-3H3,(H,18,19). The van der Waals surface area contributed by atoms with Crippen molar-refractivity contribution in [1.29, 1.82) is 0 Å². The summed E-state index contributed by atoms with van der Waals surface area (Å²) in [6.07, 6.45) is 0. The summed E-state index contributed by atoms with van der Waals surface area (Å²) in [6.45, 7) is 3.86. The zero-order valence-corrected chi connectivity index (χ0v) is 11.5. The van der Waals surface area contributed by atoms with Gasteiger partial charge in [0.2, 0.25) is 0 Å². The number of carboxylic acids is 1. The van der Waals surface area contributed by atoms with Gasteiger partial charge in [-0.25, -0.2) is 9.18 Å². The highest BCUT2D eigenvalue weighted by atomic mass is 19.1. The lowest BCUT2D eigenvalue weighted by atomic mass is 9.96. The lowest BCUT2D eigenvalue weighted by molar-refractivity contribution is 0.0692. The number of methoxy groups -OCH3 is 1. The van der Waals surface area contributed by atoms with E-state index >= 15 is 0 Å². The second-order valence-electron chi connectivity index (χ2n) is 4.66. The lowest BCUT2D eigenvalue weighted by Gasteiger charge is -2.14. The van der Waals surface area contributed by atoms with Gasteiger partial charge in [0.25, 0.3) is 0 Å². The van der Waals surface area contributed by atoms with Crippen LogP contribution in [0.15, 0.2) is 30.3 Å². The van der Waals surface area contributed by atoms with Crippen molar-refractivity contribution in [2.24, 2.45) is 0 Å². The van der Waals surface area contributed by atoms with Crippen LogP contribution in [0.1, 0.15) is 21.5 Å². The molecule has 2 aromatic rings. The van der Waals surface area contributed by atoms with Crippen molar-refractivity contribution in [3.05, 3.63) is 52.8 Å². The van der Waals surface area contributed by atoms with Crippen molar-refractivity contribution in [2.75, 3.05) is 7.11 Å². The fourth-order valence-corrected chi connectivity index (χ4v) is 2.30. The Labute approximate surface area is 116 Å². The summed E-state index contributed by atoms with van der Waals surface area (Å²) in [5.74, 6) is -1.39. The van der Waals surface area contributed by atoms with E-state index in [1.54, 1.807) is 13.2 Å². The molecule has 0 saturated heterocycles. The maximum absolute atomic E-state index is 13.5. The number of rotatable bonds is 3. The molecule has 0 heterocycles. The summed E-state index contributed by atoms with van der Waals surface area (Å²) in [5, 5.41) is 9.01. The lowest BCUT2D eigenvalue weighted by Crippen LogP contribution is -2.01. The van der Waals surface area contributed by atoms with Crippen LogP contribution in [0.3, 0.4) is 0 Å². The number of benzene rings is 2. The molecule has 0 bridgehead atoms. The third-order valence-electron chi connectivity index (χ3n) is 3.15. The van der Waals surface area contributed by atoms with Crippen molar-refractivity contribution in [2.45, 2.75) is 13.8 Å². The number of halogens is 1. The quantitative estimate of drug-likeness (QED) is 0.925. The number of carbonyl (C=O) groups is 1. The minimum Gasteiger partial charge on any atom is -0.496 e. The van der Waals surface area contributed by atoms with Crippen LogP contribution in [-0.4, -0.2) is 18.2 Å². The van der Waals surface area contributed by atoms with Crippen LogP contribution in [0.5, 0.6) is 5.75 Å². The van der Waals surface area contributed by atoms with Gasteiger partial charge in [0, 0.05) is 5.56 Å². The molecular weight excluding hydrogens is 259 g/mol.